The first-order chi connectivity index (χ1) is 9.67. The summed E-state index contributed by atoms with van der Waals surface area (Å²) in [6.45, 7) is 0.463. The number of ether oxygens (including phenoxy) is 1. The van der Waals surface area contributed by atoms with Gasteiger partial charge in [-0.05, 0) is 18.6 Å². The van der Waals surface area contributed by atoms with Crippen LogP contribution in [0.15, 0.2) is 24.3 Å². The van der Waals surface area contributed by atoms with E-state index in [0.717, 1.165) is 5.82 Å². The van der Waals surface area contributed by atoms with E-state index in [0.29, 0.717) is 30.8 Å². The number of fused-ring (bicyclic) bond motifs is 1. The zero-order valence-electron chi connectivity index (χ0n) is 11.0. The molecular formula is C14H14FN3O2. The second-order valence-corrected chi connectivity index (χ2v) is 4.80. The molecule has 1 aromatic heterocycles. The number of halogens is 1. The summed E-state index contributed by atoms with van der Waals surface area (Å²) in [4.78, 5) is 16.0. The average Bonchev–Trinajstić information content (AvgIpc) is 2.89. The van der Waals surface area contributed by atoms with Crippen LogP contribution in [0.5, 0.6) is 0 Å². The molecule has 6 heteroatoms. The van der Waals surface area contributed by atoms with Crippen LogP contribution in [-0.4, -0.2) is 27.8 Å². The van der Waals surface area contributed by atoms with Gasteiger partial charge in [-0.2, -0.15) is 5.10 Å². The van der Waals surface area contributed by atoms with Gasteiger partial charge in [-0.1, -0.05) is 12.1 Å². The van der Waals surface area contributed by atoms with Gasteiger partial charge in [-0.3, -0.25) is 4.79 Å². The maximum absolute atomic E-state index is 13.2. The molecule has 104 valence electrons. The fourth-order valence-electron chi connectivity index (χ4n) is 2.42. The van der Waals surface area contributed by atoms with Gasteiger partial charge in [0.25, 0.3) is 0 Å². The second-order valence-electron chi connectivity index (χ2n) is 4.80. The van der Waals surface area contributed by atoms with E-state index in [-0.39, 0.29) is 17.7 Å². The Morgan fingerprint density at radius 3 is 3.10 bits per heavy atom. The SMILES string of the molecule is COC(=O)C1CCc2nc(-c3cccc(F)c3)nn2C1. The number of carbonyl (C=O) groups excluding carboxylic acids is 1. The van der Waals surface area contributed by atoms with E-state index >= 15 is 0 Å². The van der Waals surface area contributed by atoms with Crippen LogP contribution in [0.3, 0.4) is 0 Å². The molecule has 0 N–H and O–H groups in total. The van der Waals surface area contributed by atoms with Crippen LogP contribution in [0.25, 0.3) is 11.4 Å². The standard InChI is InChI=1S/C14H14FN3O2/c1-20-14(19)10-5-6-12-16-13(17-18(12)8-10)9-3-2-4-11(15)7-9/h2-4,7,10H,5-6,8H2,1H3. The lowest BCUT2D eigenvalue weighted by molar-refractivity contribution is -0.146. The van der Waals surface area contributed by atoms with Crippen LogP contribution in [0.1, 0.15) is 12.2 Å². The predicted octanol–water partition coefficient (Wildman–Crippen LogP) is 1.82. The van der Waals surface area contributed by atoms with Crippen molar-refractivity contribution in [3.8, 4) is 11.4 Å². The molecule has 0 bridgehead atoms. The van der Waals surface area contributed by atoms with Crippen molar-refractivity contribution in [3.63, 3.8) is 0 Å². The Balaban J connectivity index is 1.89. The van der Waals surface area contributed by atoms with Gasteiger partial charge in [0, 0.05) is 12.0 Å². The smallest absolute Gasteiger partial charge is 0.310 e. The van der Waals surface area contributed by atoms with E-state index in [1.807, 2.05) is 0 Å². The van der Waals surface area contributed by atoms with Gasteiger partial charge in [-0.25, -0.2) is 14.1 Å². The summed E-state index contributed by atoms with van der Waals surface area (Å²) in [5.74, 6) is 0.588. The largest absolute Gasteiger partial charge is 0.469 e. The highest BCUT2D eigenvalue weighted by molar-refractivity contribution is 5.72. The molecule has 0 radical (unpaired) electrons. The van der Waals surface area contributed by atoms with E-state index in [1.165, 1.54) is 19.2 Å². The van der Waals surface area contributed by atoms with E-state index in [9.17, 15) is 9.18 Å². The summed E-state index contributed by atoms with van der Waals surface area (Å²) in [5.41, 5.74) is 0.640. The van der Waals surface area contributed by atoms with Gasteiger partial charge in [0.05, 0.1) is 19.6 Å². The number of aryl methyl sites for hydroxylation is 1. The van der Waals surface area contributed by atoms with Crippen molar-refractivity contribution < 1.29 is 13.9 Å². The summed E-state index contributed by atoms with van der Waals surface area (Å²) >= 11 is 0. The molecule has 0 amide bonds. The van der Waals surface area contributed by atoms with Crippen LogP contribution >= 0.6 is 0 Å². The Kier molecular flexibility index (Phi) is 3.22. The molecule has 1 unspecified atom stereocenters. The molecule has 1 aromatic carbocycles. The van der Waals surface area contributed by atoms with Crippen LogP contribution in [-0.2, 0) is 22.5 Å². The molecule has 5 nitrogen and oxygen atoms in total. The highest BCUT2D eigenvalue weighted by atomic mass is 19.1. The third kappa shape index (κ3) is 2.29. The van der Waals surface area contributed by atoms with Gasteiger partial charge in [-0.15, -0.1) is 0 Å². The maximum atomic E-state index is 13.2. The zero-order valence-corrected chi connectivity index (χ0v) is 11.0. The van der Waals surface area contributed by atoms with Crippen molar-refractivity contribution in [3.05, 3.63) is 35.9 Å². The van der Waals surface area contributed by atoms with Gasteiger partial charge < -0.3 is 4.74 Å². The number of nitrogens with zero attached hydrogens (tertiary/aromatic N) is 3. The highest BCUT2D eigenvalue weighted by Crippen LogP contribution is 2.23. The van der Waals surface area contributed by atoms with Gasteiger partial charge >= 0.3 is 5.97 Å². The zero-order chi connectivity index (χ0) is 14.1. The third-order valence-electron chi connectivity index (χ3n) is 3.48. The fraction of sp³-hybridized carbons (Fsp3) is 0.357. The lowest BCUT2D eigenvalue weighted by Crippen LogP contribution is -2.28. The molecule has 1 atom stereocenters. The molecule has 20 heavy (non-hydrogen) atoms. The van der Waals surface area contributed by atoms with Crippen LogP contribution < -0.4 is 0 Å². The molecule has 0 fully saturated rings. The van der Waals surface area contributed by atoms with Gasteiger partial charge in [0.15, 0.2) is 5.82 Å². The van der Waals surface area contributed by atoms with E-state index in [1.54, 1.807) is 16.8 Å². The molecule has 0 saturated carbocycles. The van der Waals surface area contributed by atoms with Crippen molar-refractivity contribution in [2.45, 2.75) is 19.4 Å². The molecule has 1 aliphatic heterocycles. The summed E-state index contributed by atoms with van der Waals surface area (Å²) in [6.07, 6.45) is 1.37. The number of hydrogen-bond donors (Lipinski definition) is 0. The van der Waals surface area contributed by atoms with Crippen LogP contribution in [0.4, 0.5) is 4.39 Å². The normalized spacial score (nSPS) is 17.6. The minimum Gasteiger partial charge on any atom is -0.469 e. The minimum atomic E-state index is -0.317. The first-order valence-corrected chi connectivity index (χ1v) is 6.45. The predicted molar refractivity (Wildman–Crippen MR) is 69.2 cm³/mol. The molecular weight excluding hydrogens is 261 g/mol. The molecule has 0 saturated heterocycles. The number of carbonyl (C=O) groups is 1. The minimum absolute atomic E-state index is 0.186. The van der Waals surface area contributed by atoms with Gasteiger partial charge in [0.2, 0.25) is 0 Å². The number of hydrogen-bond acceptors (Lipinski definition) is 4. The summed E-state index contributed by atoms with van der Waals surface area (Å²) < 4.78 is 19.7. The van der Waals surface area contributed by atoms with E-state index in [2.05, 4.69) is 10.1 Å². The number of esters is 1. The van der Waals surface area contributed by atoms with Crippen molar-refractivity contribution in [1.29, 1.82) is 0 Å². The number of rotatable bonds is 2. The molecule has 2 heterocycles. The second kappa shape index (κ2) is 5.03. The lowest BCUT2D eigenvalue weighted by atomic mass is 10.0. The first-order valence-electron chi connectivity index (χ1n) is 6.45. The topological polar surface area (TPSA) is 57.0 Å². The van der Waals surface area contributed by atoms with Crippen LogP contribution in [0.2, 0.25) is 0 Å². The quantitative estimate of drug-likeness (QED) is 0.784. The van der Waals surface area contributed by atoms with Crippen LogP contribution in [0, 0.1) is 11.7 Å². The third-order valence-corrected chi connectivity index (χ3v) is 3.48. The molecule has 0 aliphatic carbocycles. The van der Waals surface area contributed by atoms with Crippen molar-refractivity contribution in [1.82, 2.24) is 14.8 Å². The summed E-state index contributed by atoms with van der Waals surface area (Å²) in [6, 6.07) is 6.18. The van der Waals surface area contributed by atoms with Crippen molar-refractivity contribution >= 4 is 5.97 Å². The maximum Gasteiger partial charge on any atom is 0.310 e. The lowest BCUT2D eigenvalue weighted by Gasteiger charge is -2.19. The molecule has 1 aliphatic rings. The monoisotopic (exact) mass is 275 g/mol. The Morgan fingerprint density at radius 2 is 2.35 bits per heavy atom. The molecule has 0 spiro atoms. The Morgan fingerprint density at radius 1 is 1.50 bits per heavy atom. The number of methoxy groups -OCH3 is 1. The molecule has 3 rings (SSSR count). The number of aromatic nitrogens is 3. The number of benzene rings is 1. The fourth-order valence-corrected chi connectivity index (χ4v) is 2.42. The highest BCUT2D eigenvalue weighted by Gasteiger charge is 2.27. The van der Waals surface area contributed by atoms with Crippen molar-refractivity contribution in [2.75, 3.05) is 7.11 Å². The first kappa shape index (κ1) is 12.8. The van der Waals surface area contributed by atoms with E-state index < -0.39 is 0 Å². The van der Waals surface area contributed by atoms with Crippen molar-refractivity contribution in [2.24, 2.45) is 5.92 Å². The van der Waals surface area contributed by atoms with E-state index in [4.69, 9.17) is 4.74 Å². The summed E-state index contributed by atoms with van der Waals surface area (Å²) in [5, 5.41) is 4.36. The van der Waals surface area contributed by atoms with Gasteiger partial charge in [0.1, 0.15) is 11.6 Å². The Labute approximate surface area is 115 Å². The summed E-state index contributed by atoms with van der Waals surface area (Å²) in [7, 11) is 1.39. The average molecular weight is 275 g/mol. The molecule has 2 aromatic rings. The Bertz CT molecular complexity index is 654. The Hall–Kier alpha value is -2.24.